The summed E-state index contributed by atoms with van der Waals surface area (Å²) in [5.41, 5.74) is 2.23. The van der Waals surface area contributed by atoms with Crippen molar-refractivity contribution in [2.45, 2.75) is 44.9 Å². The first-order valence-electron chi connectivity index (χ1n) is 7.96. The molecular weight excluding hydrogens is 335 g/mol. The van der Waals surface area contributed by atoms with Gasteiger partial charge in [-0.2, -0.15) is 0 Å². The Kier molecular flexibility index (Phi) is 6.87. The molecule has 124 valence electrons. The van der Waals surface area contributed by atoms with E-state index in [0.717, 1.165) is 17.5 Å². The molecule has 0 radical (unpaired) electrons. The first-order chi connectivity index (χ1) is 11.0. The molecule has 0 saturated carbocycles. The van der Waals surface area contributed by atoms with E-state index in [4.69, 9.17) is 4.74 Å². The van der Waals surface area contributed by atoms with E-state index in [1.807, 2.05) is 18.2 Å². The molecule has 7 heteroatoms. The average Bonchev–Trinajstić information content (AvgIpc) is 2.96. The van der Waals surface area contributed by atoms with Crippen LogP contribution in [0.3, 0.4) is 0 Å². The van der Waals surface area contributed by atoms with Crippen LogP contribution < -0.4 is 61.8 Å². The molecule has 2 heterocycles. The fraction of sp³-hybridized carbons (Fsp3) is 0.529. The van der Waals surface area contributed by atoms with Crippen LogP contribution in [-0.2, 0) is 29.1 Å². The monoisotopic (exact) mass is 356 g/mol. The molecule has 0 unspecified atom stereocenters. The van der Waals surface area contributed by atoms with Crippen LogP contribution in [0.25, 0.3) is 0 Å². The predicted molar refractivity (Wildman–Crippen MR) is 81.4 cm³/mol. The van der Waals surface area contributed by atoms with Crippen LogP contribution >= 0.6 is 0 Å². The fourth-order valence-corrected chi connectivity index (χ4v) is 3.43. The number of fused-ring (bicyclic) bond motifs is 1. The van der Waals surface area contributed by atoms with Gasteiger partial charge in [0.25, 0.3) is 0 Å². The van der Waals surface area contributed by atoms with Crippen LogP contribution in [0.1, 0.15) is 36.5 Å². The molecule has 1 N–H and O–H groups in total. The van der Waals surface area contributed by atoms with E-state index in [1.54, 1.807) is 6.92 Å². The Labute approximate surface area is 184 Å². The molecule has 2 amide bonds. The molecule has 1 saturated heterocycles. The number of ether oxygens (including phenoxy) is 1. The Morgan fingerprint density at radius 1 is 1.42 bits per heavy atom. The van der Waals surface area contributed by atoms with Gasteiger partial charge in [-0.1, -0.05) is 18.2 Å². The number of urea groups is 1. The zero-order valence-electron chi connectivity index (χ0n) is 14.3. The van der Waals surface area contributed by atoms with Crippen molar-refractivity contribution < 1.29 is 70.8 Å². The van der Waals surface area contributed by atoms with Crippen LogP contribution in [0, 0.1) is 0 Å². The van der Waals surface area contributed by atoms with Crippen molar-refractivity contribution in [1.82, 2.24) is 10.2 Å². The molecular formula is C17H21KN2O4. The second-order valence-corrected chi connectivity index (χ2v) is 6.33. The summed E-state index contributed by atoms with van der Waals surface area (Å²) in [5, 5.41) is 14.2. The summed E-state index contributed by atoms with van der Waals surface area (Å²) in [6.07, 6.45) is 1.94. The molecule has 0 bridgehead atoms. The topological polar surface area (TPSA) is 81.7 Å². The van der Waals surface area contributed by atoms with E-state index >= 15 is 0 Å². The van der Waals surface area contributed by atoms with Gasteiger partial charge in [0.1, 0.15) is 0 Å². The van der Waals surface area contributed by atoms with E-state index in [9.17, 15) is 14.7 Å². The third-order valence-electron chi connectivity index (χ3n) is 4.88. The number of carboxylic acids is 1. The Bertz CT molecular complexity index is 637. The van der Waals surface area contributed by atoms with Crippen LogP contribution in [-0.4, -0.2) is 35.6 Å². The van der Waals surface area contributed by atoms with Crippen molar-refractivity contribution >= 4 is 12.0 Å². The van der Waals surface area contributed by atoms with Crippen molar-refractivity contribution in [2.75, 3.05) is 13.2 Å². The van der Waals surface area contributed by atoms with Crippen molar-refractivity contribution in [1.29, 1.82) is 0 Å². The van der Waals surface area contributed by atoms with E-state index < -0.39 is 11.5 Å². The average molecular weight is 356 g/mol. The number of hydrogen-bond donors (Lipinski definition) is 1. The summed E-state index contributed by atoms with van der Waals surface area (Å²) in [7, 11) is 0. The first kappa shape index (κ1) is 19.9. The quantitative estimate of drug-likeness (QED) is 0.611. The number of aliphatic carboxylic acids is 1. The van der Waals surface area contributed by atoms with Crippen molar-refractivity contribution in [3.05, 3.63) is 34.9 Å². The molecule has 6 nitrogen and oxygen atoms in total. The number of amides is 2. The van der Waals surface area contributed by atoms with Gasteiger partial charge in [0.2, 0.25) is 0 Å². The van der Waals surface area contributed by atoms with Gasteiger partial charge in [-0.15, -0.1) is 0 Å². The number of benzene rings is 1. The van der Waals surface area contributed by atoms with Crippen LogP contribution in [0.2, 0.25) is 0 Å². The molecule has 2 aliphatic rings. The minimum absolute atomic E-state index is 0. The van der Waals surface area contributed by atoms with Gasteiger partial charge in [-0.05, 0) is 42.9 Å². The Morgan fingerprint density at radius 3 is 2.96 bits per heavy atom. The summed E-state index contributed by atoms with van der Waals surface area (Å²) in [6, 6.07) is 5.63. The molecule has 0 aliphatic carbocycles. The smallest absolute Gasteiger partial charge is 0.548 e. The largest absolute Gasteiger partial charge is 1.00 e. The molecule has 0 aromatic heterocycles. The number of carbonyl (C=O) groups excluding carboxylic acids is 2. The molecule has 24 heavy (non-hydrogen) atoms. The summed E-state index contributed by atoms with van der Waals surface area (Å²) < 4.78 is 5.44. The van der Waals surface area contributed by atoms with Gasteiger partial charge in [0.05, 0.1) is 24.7 Å². The van der Waals surface area contributed by atoms with E-state index in [-0.39, 0.29) is 57.4 Å². The first-order valence-corrected chi connectivity index (χ1v) is 7.96. The SMILES string of the molecule is C[C@@]1(C(=O)[O-])CCCN1C(=O)NCc1cccc2c1CCOC2.[K+]. The summed E-state index contributed by atoms with van der Waals surface area (Å²) in [4.78, 5) is 25.1. The normalized spacial score (nSPS) is 22.5. The molecule has 0 spiro atoms. The van der Waals surface area contributed by atoms with Gasteiger partial charge in [-0.25, -0.2) is 4.79 Å². The van der Waals surface area contributed by atoms with Crippen molar-refractivity contribution in [3.8, 4) is 0 Å². The number of hydrogen-bond acceptors (Lipinski definition) is 4. The number of carbonyl (C=O) groups is 2. The summed E-state index contributed by atoms with van der Waals surface area (Å²) in [6.45, 7) is 3.67. The molecule has 1 atom stereocenters. The second kappa shape index (κ2) is 8.29. The minimum atomic E-state index is -1.21. The van der Waals surface area contributed by atoms with Crippen LogP contribution in [0.5, 0.6) is 0 Å². The molecule has 2 aliphatic heterocycles. The van der Waals surface area contributed by atoms with Crippen LogP contribution in [0.4, 0.5) is 4.79 Å². The summed E-state index contributed by atoms with van der Waals surface area (Å²) in [5.74, 6) is -1.20. The molecule has 1 aromatic rings. The molecule has 1 fully saturated rings. The Hall–Kier alpha value is -0.444. The Morgan fingerprint density at radius 2 is 2.21 bits per heavy atom. The molecule has 3 rings (SSSR count). The maximum absolute atomic E-state index is 12.4. The zero-order chi connectivity index (χ0) is 16.4. The third kappa shape index (κ3) is 3.86. The van der Waals surface area contributed by atoms with Crippen molar-refractivity contribution in [2.24, 2.45) is 0 Å². The summed E-state index contributed by atoms with van der Waals surface area (Å²) >= 11 is 0. The van der Waals surface area contributed by atoms with Gasteiger partial charge in [0, 0.05) is 13.1 Å². The number of rotatable bonds is 3. The maximum Gasteiger partial charge on any atom is 1.00 e. The number of likely N-dealkylation sites (tertiary alicyclic amines) is 1. The maximum atomic E-state index is 12.4. The predicted octanol–water partition coefficient (Wildman–Crippen LogP) is -2.42. The zero-order valence-corrected chi connectivity index (χ0v) is 17.4. The minimum Gasteiger partial charge on any atom is -0.548 e. The number of carboxylic acid groups (broad SMARTS) is 1. The van der Waals surface area contributed by atoms with Crippen molar-refractivity contribution in [3.63, 3.8) is 0 Å². The molecule has 1 aromatic carbocycles. The fourth-order valence-electron chi connectivity index (χ4n) is 3.43. The van der Waals surface area contributed by atoms with Gasteiger partial charge < -0.3 is 24.9 Å². The van der Waals surface area contributed by atoms with E-state index in [2.05, 4.69) is 5.32 Å². The Balaban J connectivity index is 0.00000208. The van der Waals surface area contributed by atoms with Crippen LogP contribution in [0.15, 0.2) is 18.2 Å². The third-order valence-corrected chi connectivity index (χ3v) is 4.88. The number of nitrogens with one attached hydrogen (secondary N) is 1. The van der Waals surface area contributed by atoms with E-state index in [0.29, 0.717) is 39.1 Å². The van der Waals surface area contributed by atoms with Gasteiger partial charge in [0.15, 0.2) is 0 Å². The van der Waals surface area contributed by atoms with E-state index in [1.165, 1.54) is 10.5 Å². The van der Waals surface area contributed by atoms with Gasteiger partial charge in [-0.3, -0.25) is 0 Å². The second-order valence-electron chi connectivity index (χ2n) is 6.33. The van der Waals surface area contributed by atoms with Gasteiger partial charge >= 0.3 is 57.4 Å². The number of nitrogens with zero attached hydrogens (tertiary/aromatic N) is 1. The standard InChI is InChI=1S/C17H22N2O4.K/c1-17(15(20)21)7-3-8-19(17)16(22)18-10-12-4-2-5-13-11-23-9-6-14(12)13;/h2,4-5H,3,6-11H2,1H3,(H,18,22)(H,20,21);/q;+1/p-1/t17-;/m0./s1.